The maximum Gasteiger partial charge on any atom is 0.204 e. The van der Waals surface area contributed by atoms with Crippen LogP contribution < -0.4 is 5.32 Å². The Hall–Kier alpha value is -0.420. The maximum atomic E-state index is 4.93. The van der Waals surface area contributed by atoms with Gasteiger partial charge >= 0.3 is 0 Å². The smallest absolute Gasteiger partial charge is 0.204 e. The van der Waals surface area contributed by atoms with Crippen molar-refractivity contribution in [3.63, 3.8) is 0 Å². The lowest BCUT2D eigenvalue weighted by molar-refractivity contribution is 0.701. The molecular formula is C8H13N3S2. The van der Waals surface area contributed by atoms with Crippen molar-refractivity contribution in [2.45, 2.75) is 19.8 Å². The van der Waals surface area contributed by atoms with E-state index in [1.807, 2.05) is 0 Å². The first kappa shape index (κ1) is 9.15. The molecule has 1 aromatic heterocycles. The summed E-state index contributed by atoms with van der Waals surface area (Å²) >= 11 is 6.44. The van der Waals surface area contributed by atoms with Crippen molar-refractivity contribution in [1.82, 2.24) is 10.2 Å². The van der Waals surface area contributed by atoms with E-state index in [4.69, 9.17) is 12.2 Å². The third-order valence-corrected chi connectivity index (χ3v) is 3.59. The summed E-state index contributed by atoms with van der Waals surface area (Å²) < 4.78 is 0.741. The van der Waals surface area contributed by atoms with Crippen molar-refractivity contribution in [2.75, 3.05) is 11.9 Å². The molecule has 1 heterocycles. The number of nitrogens with zero attached hydrogens (tertiary/aromatic N) is 1. The lowest BCUT2D eigenvalue weighted by Crippen LogP contribution is -2.04. The molecule has 0 radical (unpaired) electrons. The summed E-state index contributed by atoms with van der Waals surface area (Å²) in [5.41, 5.74) is 0. The van der Waals surface area contributed by atoms with Gasteiger partial charge in [-0.15, -0.1) is 5.10 Å². The van der Waals surface area contributed by atoms with E-state index in [0.29, 0.717) is 0 Å². The first-order valence-electron chi connectivity index (χ1n) is 4.59. The number of hydrogen-bond donors (Lipinski definition) is 2. The molecule has 0 saturated heterocycles. The second-order valence-corrected chi connectivity index (χ2v) is 5.13. The van der Waals surface area contributed by atoms with E-state index in [1.54, 1.807) is 0 Å². The van der Waals surface area contributed by atoms with Gasteiger partial charge in [0.15, 0.2) is 3.95 Å². The Balaban J connectivity index is 1.78. The molecule has 0 spiro atoms. The number of rotatable bonds is 4. The molecular weight excluding hydrogens is 202 g/mol. The third-order valence-electron chi connectivity index (χ3n) is 2.55. The highest BCUT2D eigenvalue weighted by atomic mass is 32.1. The van der Waals surface area contributed by atoms with E-state index in [1.165, 1.54) is 24.2 Å². The fourth-order valence-electron chi connectivity index (χ4n) is 1.58. The van der Waals surface area contributed by atoms with Crippen molar-refractivity contribution in [3.05, 3.63) is 3.95 Å². The lowest BCUT2D eigenvalue weighted by atomic mass is 10.2. The predicted molar refractivity (Wildman–Crippen MR) is 57.7 cm³/mol. The molecule has 0 bridgehead atoms. The van der Waals surface area contributed by atoms with Gasteiger partial charge in [0.1, 0.15) is 0 Å². The van der Waals surface area contributed by atoms with E-state index in [-0.39, 0.29) is 0 Å². The SMILES string of the molecule is CC[C@@H]1C[C@H]1CNc1n[nH]c(=S)s1. The molecule has 0 aliphatic heterocycles. The van der Waals surface area contributed by atoms with Gasteiger partial charge in [-0.3, -0.25) is 5.10 Å². The van der Waals surface area contributed by atoms with Crippen LogP contribution in [0.4, 0.5) is 5.13 Å². The Labute approximate surface area is 86.6 Å². The van der Waals surface area contributed by atoms with Gasteiger partial charge in [0.2, 0.25) is 5.13 Å². The molecule has 2 N–H and O–H groups in total. The molecule has 5 heteroatoms. The normalized spacial score (nSPS) is 25.9. The van der Waals surface area contributed by atoms with Crippen LogP contribution in [0.1, 0.15) is 19.8 Å². The first-order chi connectivity index (χ1) is 6.29. The number of aromatic amines is 1. The van der Waals surface area contributed by atoms with Gasteiger partial charge in [-0.25, -0.2) is 0 Å². The fraction of sp³-hybridized carbons (Fsp3) is 0.750. The summed E-state index contributed by atoms with van der Waals surface area (Å²) in [6.45, 7) is 3.30. The minimum Gasteiger partial charge on any atom is -0.360 e. The highest BCUT2D eigenvalue weighted by Gasteiger charge is 2.34. The fourth-order valence-corrected chi connectivity index (χ4v) is 2.38. The van der Waals surface area contributed by atoms with Crippen LogP contribution in [-0.4, -0.2) is 16.7 Å². The molecule has 72 valence electrons. The number of anilines is 1. The van der Waals surface area contributed by atoms with Crippen LogP contribution in [0.15, 0.2) is 0 Å². The highest BCUT2D eigenvalue weighted by molar-refractivity contribution is 7.73. The number of aromatic nitrogens is 2. The molecule has 1 fully saturated rings. The Kier molecular flexibility index (Phi) is 2.64. The van der Waals surface area contributed by atoms with E-state index in [2.05, 4.69) is 22.4 Å². The highest BCUT2D eigenvalue weighted by Crippen LogP contribution is 2.40. The average molecular weight is 215 g/mol. The number of hydrogen-bond acceptors (Lipinski definition) is 4. The van der Waals surface area contributed by atoms with Crippen molar-refractivity contribution in [1.29, 1.82) is 0 Å². The number of H-pyrrole nitrogens is 1. The largest absolute Gasteiger partial charge is 0.360 e. The Bertz CT molecular complexity index is 330. The van der Waals surface area contributed by atoms with Gasteiger partial charge in [0.25, 0.3) is 0 Å². The standard InChI is InChI=1S/C8H13N3S2/c1-2-5-3-6(5)4-9-7-10-11-8(12)13-7/h5-6H,2-4H2,1H3,(H,9,10)(H,11,12)/t5-,6+/m1/s1. The van der Waals surface area contributed by atoms with Crippen LogP contribution >= 0.6 is 23.6 Å². The molecule has 1 aromatic rings. The van der Waals surface area contributed by atoms with E-state index in [0.717, 1.165) is 27.5 Å². The van der Waals surface area contributed by atoms with Crippen LogP contribution in [0.5, 0.6) is 0 Å². The van der Waals surface area contributed by atoms with E-state index in [9.17, 15) is 0 Å². The van der Waals surface area contributed by atoms with Crippen molar-refractivity contribution in [2.24, 2.45) is 11.8 Å². The molecule has 1 aliphatic carbocycles. The second-order valence-electron chi connectivity index (χ2n) is 3.46. The van der Waals surface area contributed by atoms with Gasteiger partial charge in [-0.2, -0.15) is 0 Å². The van der Waals surface area contributed by atoms with Crippen LogP contribution in [0.2, 0.25) is 0 Å². The molecule has 3 nitrogen and oxygen atoms in total. The van der Waals surface area contributed by atoms with Crippen LogP contribution in [0, 0.1) is 15.8 Å². The summed E-state index contributed by atoms with van der Waals surface area (Å²) in [4.78, 5) is 0. The van der Waals surface area contributed by atoms with Crippen LogP contribution in [0.3, 0.4) is 0 Å². The summed E-state index contributed by atoms with van der Waals surface area (Å²) in [5.74, 6) is 1.81. The summed E-state index contributed by atoms with van der Waals surface area (Å²) in [6, 6.07) is 0. The van der Waals surface area contributed by atoms with Crippen LogP contribution in [-0.2, 0) is 0 Å². The zero-order chi connectivity index (χ0) is 9.26. The van der Waals surface area contributed by atoms with Crippen LogP contribution in [0.25, 0.3) is 0 Å². The van der Waals surface area contributed by atoms with Gasteiger partial charge in [0, 0.05) is 6.54 Å². The number of nitrogens with one attached hydrogen (secondary N) is 2. The van der Waals surface area contributed by atoms with Gasteiger partial charge < -0.3 is 5.32 Å². The zero-order valence-corrected chi connectivity index (χ0v) is 9.17. The van der Waals surface area contributed by atoms with Crippen molar-refractivity contribution < 1.29 is 0 Å². The topological polar surface area (TPSA) is 40.7 Å². The van der Waals surface area contributed by atoms with Gasteiger partial charge in [0.05, 0.1) is 0 Å². The summed E-state index contributed by atoms with van der Waals surface area (Å²) in [6.07, 6.45) is 2.68. The predicted octanol–water partition coefficient (Wildman–Crippen LogP) is 2.66. The minimum absolute atomic E-state index is 0.741. The molecule has 0 unspecified atom stereocenters. The first-order valence-corrected chi connectivity index (χ1v) is 5.81. The molecule has 1 aliphatic rings. The molecule has 13 heavy (non-hydrogen) atoms. The van der Waals surface area contributed by atoms with Crippen molar-refractivity contribution >= 4 is 28.7 Å². The zero-order valence-electron chi connectivity index (χ0n) is 7.54. The summed E-state index contributed by atoms with van der Waals surface area (Å²) in [5, 5.41) is 11.0. The van der Waals surface area contributed by atoms with Gasteiger partial charge in [-0.05, 0) is 30.5 Å². The Morgan fingerprint density at radius 3 is 3.08 bits per heavy atom. The quantitative estimate of drug-likeness (QED) is 0.759. The minimum atomic E-state index is 0.741. The molecule has 1 saturated carbocycles. The molecule has 0 aromatic carbocycles. The summed E-state index contributed by atoms with van der Waals surface area (Å²) in [7, 11) is 0. The molecule has 2 atom stereocenters. The third kappa shape index (κ3) is 2.28. The molecule has 2 rings (SSSR count). The van der Waals surface area contributed by atoms with E-state index >= 15 is 0 Å². The maximum absolute atomic E-state index is 4.93. The Morgan fingerprint density at radius 1 is 1.69 bits per heavy atom. The average Bonchev–Trinajstić information content (AvgIpc) is 2.78. The Morgan fingerprint density at radius 2 is 2.54 bits per heavy atom. The molecule has 0 amide bonds. The van der Waals surface area contributed by atoms with E-state index < -0.39 is 0 Å². The lowest BCUT2D eigenvalue weighted by Gasteiger charge is -1.98. The monoisotopic (exact) mass is 215 g/mol. The second kappa shape index (κ2) is 3.75. The van der Waals surface area contributed by atoms with Gasteiger partial charge in [-0.1, -0.05) is 24.7 Å². The van der Waals surface area contributed by atoms with Crippen molar-refractivity contribution in [3.8, 4) is 0 Å².